The monoisotopic (exact) mass is 214 g/mol. The molecule has 3 heteroatoms. The van der Waals surface area contributed by atoms with Crippen LogP contribution in [0.3, 0.4) is 0 Å². The largest absolute Gasteiger partial charge is 0.314 e. The number of nitrogens with zero attached hydrogens (tertiary/aromatic N) is 1. The minimum Gasteiger partial charge on any atom is -0.314 e. The molecule has 0 amide bonds. The highest BCUT2D eigenvalue weighted by molar-refractivity contribution is 7.99. The molecule has 0 spiro atoms. The molecular formula is C11H22N2S. The van der Waals surface area contributed by atoms with E-state index in [1.807, 2.05) is 0 Å². The predicted molar refractivity (Wildman–Crippen MR) is 64.0 cm³/mol. The van der Waals surface area contributed by atoms with Gasteiger partial charge in [-0.3, -0.25) is 0 Å². The van der Waals surface area contributed by atoms with Crippen LogP contribution in [0.15, 0.2) is 0 Å². The van der Waals surface area contributed by atoms with Crippen LogP contribution in [0.4, 0.5) is 0 Å². The fourth-order valence-corrected chi connectivity index (χ4v) is 3.34. The summed E-state index contributed by atoms with van der Waals surface area (Å²) in [6.07, 6.45) is 2.78. The van der Waals surface area contributed by atoms with E-state index in [4.69, 9.17) is 0 Å². The van der Waals surface area contributed by atoms with Gasteiger partial charge in [-0.15, -0.1) is 0 Å². The second kappa shape index (κ2) is 5.38. The first-order chi connectivity index (χ1) is 6.90. The van der Waals surface area contributed by atoms with E-state index in [9.17, 15) is 0 Å². The molecule has 0 aromatic carbocycles. The Labute approximate surface area is 91.8 Å². The Hall–Kier alpha value is 0.270. The second-order valence-electron chi connectivity index (χ2n) is 4.40. The molecule has 0 saturated carbocycles. The van der Waals surface area contributed by atoms with E-state index in [0.29, 0.717) is 0 Å². The zero-order valence-electron chi connectivity index (χ0n) is 9.17. The topological polar surface area (TPSA) is 15.3 Å². The van der Waals surface area contributed by atoms with Crippen molar-refractivity contribution in [2.24, 2.45) is 5.92 Å². The van der Waals surface area contributed by atoms with E-state index in [1.165, 1.54) is 50.5 Å². The summed E-state index contributed by atoms with van der Waals surface area (Å²) < 4.78 is 0. The minimum atomic E-state index is 0.852. The molecule has 1 N–H and O–H groups in total. The van der Waals surface area contributed by atoms with Crippen molar-refractivity contribution in [2.45, 2.75) is 25.8 Å². The van der Waals surface area contributed by atoms with Crippen molar-refractivity contribution >= 4 is 11.8 Å². The highest BCUT2D eigenvalue weighted by Gasteiger charge is 2.31. The van der Waals surface area contributed by atoms with Crippen LogP contribution in [0.25, 0.3) is 0 Å². The lowest BCUT2D eigenvalue weighted by atomic mass is 9.93. The third-order valence-electron chi connectivity index (χ3n) is 3.50. The Bertz CT molecular complexity index is 175. The number of hydrogen-bond donors (Lipinski definition) is 1. The second-order valence-corrected chi connectivity index (χ2v) is 5.79. The maximum Gasteiger partial charge on any atom is 0.0120 e. The van der Waals surface area contributed by atoms with Crippen LogP contribution in [0.2, 0.25) is 0 Å². The van der Waals surface area contributed by atoms with Crippen molar-refractivity contribution < 1.29 is 0 Å². The molecule has 2 nitrogen and oxygen atoms in total. The van der Waals surface area contributed by atoms with Crippen LogP contribution >= 0.6 is 11.8 Å². The number of nitrogens with one attached hydrogen (secondary N) is 1. The maximum atomic E-state index is 3.61. The first-order valence-corrected chi connectivity index (χ1v) is 7.09. The SMILES string of the molecule is CCSCCN1CCC2NCCC2C1. The summed E-state index contributed by atoms with van der Waals surface area (Å²) in [4.78, 5) is 2.66. The van der Waals surface area contributed by atoms with E-state index in [1.54, 1.807) is 0 Å². The van der Waals surface area contributed by atoms with Crippen LogP contribution in [-0.2, 0) is 0 Å². The maximum absolute atomic E-state index is 3.61. The molecule has 82 valence electrons. The van der Waals surface area contributed by atoms with Gasteiger partial charge in [0.05, 0.1) is 0 Å². The standard InChI is InChI=1S/C11H22N2S/c1-2-14-8-7-13-6-4-11-10(9-13)3-5-12-11/h10-12H,2-9H2,1H3. The molecule has 0 aromatic heterocycles. The molecular weight excluding hydrogens is 192 g/mol. The van der Waals surface area contributed by atoms with E-state index in [-0.39, 0.29) is 0 Å². The molecule has 2 heterocycles. The smallest absolute Gasteiger partial charge is 0.0120 e. The van der Waals surface area contributed by atoms with Crippen molar-refractivity contribution in [2.75, 3.05) is 37.7 Å². The van der Waals surface area contributed by atoms with Gasteiger partial charge in [-0.2, -0.15) is 11.8 Å². The van der Waals surface area contributed by atoms with Gasteiger partial charge in [-0.25, -0.2) is 0 Å². The van der Waals surface area contributed by atoms with Crippen LogP contribution in [-0.4, -0.2) is 48.6 Å². The summed E-state index contributed by atoms with van der Waals surface area (Å²) in [6, 6.07) is 0.852. The molecule has 2 aliphatic heterocycles. The highest BCUT2D eigenvalue weighted by atomic mass is 32.2. The van der Waals surface area contributed by atoms with Gasteiger partial charge < -0.3 is 10.2 Å². The molecule has 0 aromatic rings. The lowest BCUT2D eigenvalue weighted by molar-refractivity contribution is 0.171. The average molecular weight is 214 g/mol. The van der Waals surface area contributed by atoms with Gasteiger partial charge in [-0.1, -0.05) is 6.92 Å². The Balaban J connectivity index is 1.69. The van der Waals surface area contributed by atoms with E-state index < -0.39 is 0 Å². The fourth-order valence-electron chi connectivity index (χ4n) is 2.66. The first-order valence-electron chi connectivity index (χ1n) is 5.93. The van der Waals surface area contributed by atoms with Crippen LogP contribution in [0, 0.1) is 5.92 Å². The Morgan fingerprint density at radius 2 is 2.36 bits per heavy atom. The molecule has 2 saturated heterocycles. The first kappa shape index (κ1) is 10.8. The van der Waals surface area contributed by atoms with Gasteiger partial charge in [0.2, 0.25) is 0 Å². The summed E-state index contributed by atoms with van der Waals surface area (Å²) in [5, 5.41) is 3.61. The number of rotatable bonds is 4. The summed E-state index contributed by atoms with van der Waals surface area (Å²) in [6.45, 7) is 7.48. The molecule has 2 fully saturated rings. The van der Waals surface area contributed by atoms with Gasteiger partial charge in [0.15, 0.2) is 0 Å². The zero-order chi connectivity index (χ0) is 9.80. The summed E-state index contributed by atoms with van der Waals surface area (Å²) in [5.41, 5.74) is 0. The minimum absolute atomic E-state index is 0.852. The molecule has 2 aliphatic rings. The molecule has 14 heavy (non-hydrogen) atoms. The summed E-state index contributed by atoms with van der Waals surface area (Å²) >= 11 is 2.07. The Morgan fingerprint density at radius 1 is 1.43 bits per heavy atom. The summed E-state index contributed by atoms with van der Waals surface area (Å²) in [7, 11) is 0. The van der Waals surface area contributed by atoms with Crippen molar-refractivity contribution in [1.82, 2.24) is 10.2 Å². The number of likely N-dealkylation sites (tertiary alicyclic amines) is 1. The van der Waals surface area contributed by atoms with Gasteiger partial charge in [0.1, 0.15) is 0 Å². The lowest BCUT2D eigenvalue weighted by Gasteiger charge is -2.34. The number of piperidine rings is 1. The number of thioether (sulfide) groups is 1. The number of fused-ring (bicyclic) bond motifs is 1. The van der Waals surface area contributed by atoms with Crippen molar-refractivity contribution in [3.8, 4) is 0 Å². The molecule has 0 aliphatic carbocycles. The molecule has 2 unspecified atom stereocenters. The highest BCUT2D eigenvalue weighted by Crippen LogP contribution is 2.24. The van der Waals surface area contributed by atoms with E-state index in [2.05, 4.69) is 28.9 Å². The lowest BCUT2D eigenvalue weighted by Crippen LogP contribution is -2.45. The molecule has 0 bridgehead atoms. The van der Waals surface area contributed by atoms with Crippen molar-refractivity contribution in [3.63, 3.8) is 0 Å². The molecule has 2 atom stereocenters. The molecule has 0 radical (unpaired) electrons. The Kier molecular flexibility index (Phi) is 4.14. The zero-order valence-corrected chi connectivity index (χ0v) is 9.98. The van der Waals surface area contributed by atoms with E-state index in [0.717, 1.165) is 12.0 Å². The van der Waals surface area contributed by atoms with Gasteiger partial charge in [-0.05, 0) is 37.6 Å². The van der Waals surface area contributed by atoms with Crippen molar-refractivity contribution in [3.05, 3.63) is 0 Å². The van der Waals surface area contributed by atoms with Crippen molar-refractivity contribution in [1.29, 1.82) is 0 Å². The molecule has 2 rings (SSSR count). The van der Waals surface area contributed by atoms with Gasteiger partial charge >= 0.3 is 0 Å². The fraction of sp³-hybridized carbons (Fsp3) is 1.00. The third-order valence-corrected chi connectivity index (χ3v) is 4.38. The summed E-state index contributed by atoms with van der Waals surface area (Å²) in [5.74, 6) is 3.54. The normalized spacial score (nSPS) is 33.2. The van der Waals surface area contributed by atoms with E-state index >= 15 is 0 Å². The average Bonchev–Trinajstić information content (AvgIpc) is 2.65. The van der Waals surface area contributed by atoms with Gasteiger partial charge in [0.25, 0.3) is 0 Å². The van der Waals surface area contributed by atoms with Crippen LogP contribution in [0.1, 0.15) is 19.8 Å². The van der Waals surface area contributed by atoms with Gasteiger partial charge in [0, 0.05) is 24.9 Å². The third kappa shape index (κ3) is 2.65. The number of hydrogen-bond acceptors (Lipinski definition) is 3. The Morgan fingerprint density at radius 3 is 3.21 bits per heavy atom. The van der Waals surface area contributed by atoms with Crippen LogP contribution < -0.4 is 5.32 Å². The quantitative estimate of drug-likeness (QED) is 0.713. The predicted octanol–water partition coefficient (Wildman–Crippen LogP) is 1.42. The van der Waals surface area contributed by atoms with Crippen LogP contribution in [0.5, 0.6) is 0 Å².